The number of rotatable bonds is 3. The Balaban J connectivity index is 1.89. The molecule has 5 nitrogen and oxygen atoms in total. The van der Waals surface area contributed by atoms with Crippen molar-refractivity contribution in [2.75, 3.05) is 19.0 Å². The lowest BCUT2D eigenvalue weighted by Crippen LogP contribution is -2.27. The second kappa shape index (κ2) is 6.38. The second-order valence-corrected chi connectivity index (χ2v) is 7.14. The highest BCUT2D eigenvalue weighted by atomic mass is 32.1. The normalized spacial score (nSPS) is 23.9. The Morgan fingerprint density at radius 1 is 1.36 bits per heavy atom. The van der Waals surface area contributed by atoms with E-state index >= 15 is 0 Å². The number of amides is 1. The number of methoxy groups -OCH3 is 1. The van der Waals surface area contributed by atoms with Crippen LogP contribution in [0.2, 0.25) is 0 Å². The van der Waals surface area contributed by atoms with Gasteiger partial charge >= 0.3 is 5.97 Å². The predicted octanol–water partition coefficient (Wildman–Crippen LogP) is 2.78. The first-order valence-corrected chi connectivity index (χ1v) is 8.57. The van der Waals surface area contributed by atoms with Gasteiger partial charge < -0.3 is 14.8 Å². The van der Waals surface area contributed by atoms with Crippen LogP contribution in [0, 0.1) is 5.92 Å². The van der Waals surface area contributed by atoms with E-state index in [0.717, 1.165) is 37.7 Å². The minimum atomic E-state index is -0.399. The van der Waals surface area contributed by atoms with E-state index < -0.39 is 6.10 Å². The summed E-state index contributed by atoms with van der Waals surface area (Å²) in [4.78, 5) is 25.6. The molecule has 22 heavy (non-hydrogen) atoms. The lowest BCUT2D eigenvalue weighted by molar-refractivity contribution is -0.124. The molecule has 1 aromatic rings. The van der Waals surface area contributed by atoms with Crippen molar-refractivity contribution < 1.29 is 19.1 Å². The largest absolute Gasteiger partial charge is 0.465 e. The Morgan fingerprint density at radius 2 is 2.18 bits per heavy atom. The summed E-state index contributed by atoms with van der Waals surface area (Å²) in [6.07, 6.45) is 4.13. The molecule has 2 atom stereocenters. The molecule has 120 valence electrons. The molecule has 1 N–H and O–H groups in total. The van der Waals surface area contributed by atoms with Crippen molar-refractivity contribution >= 4 is 28.2 Å². The first-order chi connectivity index (χ1) is 10.6. The van der Waals surface area contributed by atoms with Gasteiger partial charge in [-0.05, 0) is 43.6 Å². The van der Waals surface area contributed by atoms with Crippen LogP contribution in [0.15, 0.2) is 0 Å². The van der Waals surface area contributed by atoms with Crippen LogP contribution in [-0.2, 0) is 27.1 Å². The molecule has 1 aliphatic carbocycles. The standard InChI is InChI=1S/C16H21NO4S/c1-9-5-6-10-12(8-9)22-15(13(10)16(19)20-2)17-14(18)11-4-3-7-21-11/h9,11H,3-8H2,1-2H3,(H,17,18)/t9-,11-/m0/s1. The molecular formula is C16H21NO4S. The first kappa shape index (κ1) is 15.5. The van der Waals surface area contributed by atoms with Crippen molar-refractivity contribution in [3.05, 3.63) is 16.0 Å². The van der Waals surface area contributed by atoms with Gasteiger partial charge in [0.1, 0.15) is 11.1 Å². The number of thiophene rings is 1. The van der Waals surface area contributed by atoms with Crippen LogP contribution in [0.25, 0.3) is 0 Å². The molecule has 1 fully saturated rings. The number of esters is 1. The van der Waals surface area contributed by atoms with Crippen LogP contribution in [-0.4, -0.2) is 31.7 Å². The van der Waals surface area contributed by atoms with Crippen molar-refractivity contribution in [3.63, 3.8) is 0 Å². The van der Waals surface area contributed by atoms with Crippen molar-refractivity contribution in [3.8, 4) is 0 Å². The van der Waals surface area contributed by atoms with Gasteiger partial charge in [-0.3, -0.25) is 4.79 Å². The third-order valence-corrected chi connectivity index (χ3v) is 5.53. The Hall–Kier alpha value is -1.40. The van der Waals surface area contributed by atoms with Crippen molar-refractivity contribution in [1.29, 1.82) is 0 Å². The van der Waals surface area contributed by atoms with Crippen molar-refractivity contribution in [2.24, 2.45) is 5.92 Å². The number of anilines is 1. The third kappa shape index (κ3) is 2.90. The molecule has 1 aliphatic heterocycles. The molecule has 0 spiro atoms. The van der Waals surface area contributed by atoms with E-state index in [9.17, 15) is 9.59 Å². The minimum Gasteiger partial charge on any atom is -0.465 e. The zero-order chi connectivity index (χ0) is 15.7. The summed E-state index contributed by atoms with van der Waals surface area (Å²) in [5.41, 5.74) is 1.60. The van der Waals surface area contributed by atoms with Gasteiger partial charge in [-0.1, -0.05) is 6.92 Å². The van der Waals surface area contributed by atoms with Crippen LogP contribution < -0.4 is 5.32 Å². The zero-order valence-corrected chi connectivity index (χ0v) is 13.8. The Bertz CT molecular complexity index is 589. The van der Waals surface area contributed by atoms with E-state index in [-0.39, 0.29) is 11.9 Å². The zero-order valence-electron chi connectivity index (χ0n) is 12.9. The smallest absolute Gasteiger partial charge is 0.341 e. The van der Waals surface area contributed by atoms with E-state index in [1.165, 1.54) is 23.3 Å². The van der Waals surface area contributed by atoms with Gasteiger partial charge in [-0.25, -0.2) is 4.79 Å². The molecule has 0 saturated carbocycles. The van der Waals surface area contributed by atoms with Crippen molar-refractivity contribution in [2.45, 2.75) is 45.1 Å². The van der Waals surface area contributed by atoms with Gasteiger partial charge in [-0.15, -0.1) is 11.3 Å². The maximum Gasteiger partial charge on any atom is 0.341 e. The Morgan fingerprint density at radius 3 is 2.86 bits per heavy atom. The quantitative estimate of drug-likeness (QED) is 0.869. The van der Waals surface area contributed by atoms with Crippen LogP contribution in [0.3, 0.4) is 0 Å². The van der Waals surface area contributed by atoms with Crippen LogP contribution >= 0.6 is 11.3 Å². The highest BCUT2D eigenvalue weighted by Gasteiger charge is 2.31. The van der Waals surface area contributed by atoms with Crippen molar-refractivity contribution in [1.82, 2.24) is 0 Å². The molecule has 1 aromatic heterocycles. The second-order valence-electron chi connectivity index (χ2n) is 6.04. The Kier molecular flexibility index (Phi) is 4.49. The van der Waals surface area contributed by atoms with Gasteiger partial charge in [-0.2, -0.15) is 0 Å². The molecule has 0 unspecified atom stereocenters. The summed E-state index contributed by atoms with van der Waals surface area (Å²) in [6.45, 7) is 2.84. The molecular weight excluding hydrogens is 302 g/mol. The molecule has 0 radical (unpaired) electrons. The number of fused-ring (bicyclic) bond motifs is 1. The third-order valence-electron chi connectivity index (χ3n) is 4.36. The van der Waals surface area contributed by atoms with Gasteiger partial charge in [0, 0.05) is 11.5 Å². The predicted molar refractivity (Wildman–Crippen MR) is 84.5 cm³/mol. The van der Waals surface area contributed by atoms with Gasteiger partial charge in [0.25, 0.3) is 5.91 Å². The molecule has 0 aromatic carbocycles. The number of nitrogens with one attached hydrogen (secondary N) is 1. The minimum absolute atomic E-state index is 0.158. The van der Waals surface area contributed by atoms with Gasteiger partial charge in [0.05, 0.1) is 12.7 Å². The van der Waals surface area contributed by atoms with E-state index in [0.29, 0.717) is 23.1 Å². The average molecular weight is 323 g/mol. The fraction of sp³-hybridized carbons (Fsp3) is 0.625. The lowest BCUT2D eigenvalue weighted by Gasteiger charge is -2.18. The molecule has 1 amide bonds. The summed E-state index contributed by atoms with van der Waals surface area (Å²) < 4.78 is 10.3. The van der Waals surface area contributed by atoms with E-state index in [1.807, 2.05) is 0 Å². The number of hydrogen-bond acceptors (Lipinski definition) is 5. The van der Waals surface area contributed by atoms with E-state index in [4.69, 9.17) is 9.47 Å². The van der Waals surface area contributed by atoms with Crippen LogP contribution in [0.4, 0.5) is 5.00 Å². The average Bonchev–Trinajstić information content (AvgIpc) is 3.13. The molecule has 3 rings (SSSR count). The monoisotopic (exact) mass is 323 g/mol. The maximum atomic E-state index is 12.3. The molecule has 0 bridgehead atoms. The van der Waals surface area contributed by atoms with Crippen LogP contribution in [0.1, 0.15) is 47.0 Å². The molecule has 6 heteroatoms. The number of carbonyl (C=O) groups is 2. The lowest BCUT2D eigenvalue weighted by atomic mass is 9.88. The molecule has 2 heterocycles. The highest BCUT2D eigenvalue weighted by Crippen LogP contribution is 2.40. The first-order valence-electron chi connectivity index (χ1n) is 7.75. The number of ether oxygens (including phenoxy) is 2. The molecule has 2 aliphatic rings. The summed E-state index contributed by atoms with van der Waals surface area (Å²) in [5.74, 6) is 0.0855. The maximum absolute atomic E-state index is 12.3. The summed E-state index contributed by atoms with van der Waals surface area (Å²) in [6, 6.07) is 0. The van der Waals surface area contributed by atoms with Crippen LogP contribution in [0.5, 0.6) is 0 Å². The molecule has 1 saturated heterocycles. The van der Waals surface area contributed by atoms with Gasteiger partial charge in [0.2, 0.25) is 0 Å². The summed E-state index contributed by atoms with van der Waals surface area (Å²) in [5, 5.41) is 3.51. The fourth-order valence-corrected chi connectivity index (χ4v) is 4.54. The van der Waals surface area contributed by atoms with E-state index in [1.54, 1.807) is 0 Å². The summed E-state index contributed by atoms with van der Waals surface area (Å²) in [7, 11) is 1.38. The van der Waals surface area contributed by atoms with Gasteiger partial charge in [0.15, 0.2) is 0 Å². The number of carbonyl (C=O) groups excluding carboxylic acids is 2. The Labute approximate surface area is 134 Å². The fourth-order valence-electron chi connectivity index (χ4n) is 3.13. The van der Waals surface area contributed by atoms with E-state index in [2.05, 4.69) is 12.2 Å². The summed E-state index contributed by atoms with van der Waals surface area (Å²) >= 11 is 1.51. The SMILES string of the molecule is COC(=O)c1c(NC(=O)[C@@H]2CCCO2)sc2c1CC[C@H](C)C2. The highest BCUT2D eigenvalue weighted by molar-refractivity contribution is 7.17. The number of hydrogen-bond donors (Lipinski definition) is 1. The topological polar surface area (TPSA) is 64.6 Å².